The number of nitrogens with zero attached hydrogens (tertiary/aromatic N) is 1. The lowest BCUT2D eigenvalue weighted by molar-refractivity contribution is -0.138. The maximum absolute atomic E-state index is 12.5. The van der Waals surface area contributed by atoms with Gasteiger partial charge in [-0.1, -0.05) is 11.6 Å². The standard InChI is InChI=1S/C20H19ClN2O3/c1-12-20(25)23(17-7-8-17)11-14-10-16(6-9-18(14)26-12)22-19(24)13-2-4-15(21)5-3-13/h2-6,9-10,12,17H,7-8,11H2,1H3,(H,22,24). The third-order valence-corrected chi connectivity index (χ3v) is 4.94. The number of ether oxygens (including phenoxy) is 1. The molecule has 1 atom stereocenters. The molecular formula is C20H19ClN2O3. The Kier molecular flexibility index (Phi) is 4.32. The van der Waals surface area contributed by atoms with Crippen LogP contribution in [0.2, 0.25) is 5.02 Å². The Morgan fingerprint density at radius 2 is 1.92 bits per heavy atom. The minimum atomic E-state index is -0.494. The van der Waals surface area contributed by atoms with Crippen molar-refractivity contribution in [1.82, 2.24) is 4.90 Å². The first-order valence-corrected chi connectivity index (χ1v) is 9.06. The normalized spacial score (nSPS) is 19.4. The molecule has 26 heavy (non-hydrogen) atoms. The lowest BCUT2D eigenvalue weighted by Gasteiger charge is -2.21. The highest BCUT2D eigenvalue weighted by Crippen LogP contribution is 2.35. The lowest BCUT2D eigenvalue weighted by Crippen LogP contribution is -2.39. The van der Waals surface area contributed by atoms with Crippen molar-refractivity contribution in [1.29, 1.82) is 0 Å². The third kappa shape index (κ3) is 3.40. The van der Waals surface area contributed by atoms with E-state index in [2.05, 4.69) is 5.32 Å². The Morgan fingerprint density at radius 3 is 2.62 bits per heavy atom. The molecule has 0 spiro atoms. The Morgan fingerprint density at radius 1 is 1.19 bits per heavy atom. The van der Waals surface area contributed by atoms with Gasteiger partial charge in [0, 0.05) is 34.4 Å². The van der Waals surface area contributed by atoms with Gasteiger partial charge in [0.15, 0.2) is 6.10 Å². The van der Waals surface area contributed by atoms with E-state index in [-0.39, 0.29) is 11.8 Å². The molecule has 0 bridgehead atoms. The fraction of sp³-hybridized carbons (Fsp3) is 0.300. The summed E-state index contributed by atoms with van der Waals surface area (Å²) in [6.07, 6.45) is 1.59. The highest BCUT2D eigenvalue weighted by Gasteiger charge is 2.37. The first kappa shape index (κ1) is 16.9. The zero-order valence-electron chi connectivity index (χ0n) is 14.4. The Hall–Kier alpha value is -2.53. The molecule has 2 amide bonds. The molecule has 1 N–H and O–H groups in total. The fourth-order valence-corrected chi connectivity index (χ4v) is 3.26. The number of amides is 2. The predicted octanol–water partition coefficient (Wildman–Crippen LogP) is 3.86. The minimum Gasteiger partial charge on any atom is -0.481 e. The first-order chi connectivity index (χ1) is 12.5. The molecule has 134 valence electrons. The minimum absolute atomic E-state index is 0.0236. The molecule has 0 radical (unpaired) electrons. The van der Waals surface area contributed by atoms with Crippen molar-refractivity contribution in [3.05, 3.63) is 58.6 Å². The molecule has 1 heterocycles. The maximum atomic E-state index is 12.5. The lowest BCUT2D eigenvalue weighted by atomic mass is 10.1. The quantitative estimate of drug-likeness (QED) is 0.892. The van der Waals surface area contributed by atoms with Crippen molar-refractivity contribution in [2.75, 3.05) is 5.32 Å². The summed E-state index contributed by atoms with van der Waals surface area (Å²) in [5, 5.41) is 3.48. The van der Waals surface area contributed by atoms with Gasteiger partial charge in [-0.05, 0) is 62.2 Å². The van der Waals surface area contributed by atoms with Crippen LogP contribution >= 0.6 is 11.6 Å². The number of nitrogens with one attached hydrogen (secondary N) is 1. The van der Waals surface area contributed by atoms with E-state index >= 15 is 0 Å². The molecule has 6 heteroatoms. The van der Waals surface area contributed by atoms with Gasteiger partial charge in [0.25, 0.3) is 11.8 Å². The summed E-state index contributed by atoms with van der Waals surface area (Å²) in [7, 11) is 0. The third-order valence-electron chi connectivity index (χ3n) is 4.69. The molecule has 1 unspecified atom stereocenters. The second-order valence-corrected chi connectivity index (χ2v) is 7.18. The van der Waals surface area contributed by atoms with E-state index < -0.39 is 6.10 Å². The second-order valence-electron chi connectivity index (χ2n) is 6.74. The Balaban J connectivity index is 1.56. The summed E-state index contributed by atoms with van der Waals surface area (Å²) in [6, 6.07) is 12.5. The number of anilines is 1. The molecule has 1 aliphatic heterocycles. The number of hydrogen-bond donors (Lipinski definition) is 1. The van der Waals surface area contributed by atoms with Crippen LogP contribution < -0.4 is 10.1 Å². The number of benzene rings is 2. The van der Waals surface area contributed by atoms with Crippen LogP contribution in [0.4, 0.5) is 5.69 Å². The SMILES string of the molecule is CC1Oc2ccc(NC(=O)c3ccc(Cl)cc3)cc2CN(C2CC2)C1=O. The molecule has 1 aliphatic carbocycles. The smallest absolute Gasteiger partial charge is 0.263 e. The van der Waals surface area contributed by atoms with Crippen molar-refractivity contribution in [2.45, 2.75) is 38.5 Å². The van der Waals surface area contributed by atoms with Gasteiger partial charge in [-0.15, -0.1) is 0 Å². The molecular weight excluding hydrogens is 352 g/mol. The largest absolute Gasteiger partial charge is 0.481 e. The van der Waals surface area contributed by atoms with Crippen molar-refractivity contribution in [3.63, 3.8) is 0 Å². The summed E-state index contributed by atoms with van der Waals surface area (Å²) in [6.45, 7) is 2.29. The van der Waals surface area contributed by atoms with Gasteiger partial charge in [0.1, 0.15) is 5.75 Å². The van der Waals surface area contributed by atoms with Gasteiger partial charge in [-0.3, -0.25) is 9.59 Å². The van der Waals surface area contributed by atoms with Crippen LogP contribution in [-0.2, 0) is 11.3 Å². The van der Waals surface area contributed by atoms with E-state index in [0.717, 1.165) is 18.4 Å². The van der Waals surface area contributed by atoms with Gasteiger partial charge in [-0.25, -0.2) is 0 Å². The highest BCUT2D eigenvalue weighted by molar-refractivity contribution is 6.30. The van der Waals surface area contributed by atoms with Crippen molar-refractivity contribution in [3.8, 4) is 5.75 Å². The number of hydrogen-bond acceptors (Lipinski definition) is 3. The number of fused-ring (bicyclic) bond motifs is 1. The predicted molar refractivity (Wildman–Crippen MR) is 99.5 cm³/mol. The molecule has 4 rings (SSSR count). The van der Waals surface area contributed by atoms with Gasteiger partial charge in [0.05, 0.1) is 0 Å². The van der Waals surface area contributed by atoms with Crippen LogP contribution in [0.1, 0.15) is 35.7 Å². The van der Waals surface area contributed by atoms with Crippen molar-refractivity contribution in [2.24, 2.45) is 0 Å². The molecule has 0 saturated heterocycles. The summed E-state index contributed by atoms with van der Waals surface area (Å²) in [5.41, 5.74) is 2.11. The summed E-state index contributed by atoms with van der Waals surface area (Å²) < 4.78 is 5.82. The van der Waals surface area contributed by atoms with Gasteiger partial charge >= 0.3 is 0 Å². The van der Waals surface area contributed by atoms with E-state index in [1.807, 2.05) is 17.0 Å². The van der Waals surface area contributed by atoms with E-state index in [9.17, 15) is 9.59 Å². The van der Waals surface area contributed by atoms with Gasteiger partial charge in [-0.2, -0.15) is 0 Å². The number of carbonyl (C=O) groups is 2. The van der Waals surface area contributed by atoms with Crippen LogP contribution in [0.15, 0.2) is 42.5 Å². The van der Waals surface area contributed by atoms with Crippen molar-refractivity contribution >= 4 is 29.1 Å². The number of carbonyl (C=O) groups excluding carboxylic acids is 2. The molecule has 2 aliphatic rings. The van der Waals surface area contributed by atoms with E-state index in [0.29, 0.717) is 34.6 Å². The molecule has 2 aromatic rings. The van der Waals surface area contributed by atoms with Crippen LogP contribution in [0.25, 0.3) is 0 Å². The molecule has 0 aromatic heterocycles. The summed E-state index contributed by atoms with van der Waals surface area (Å²) in [4.78, 5) is 26.8. The van der Waals surface area contributed by atoms with Crippen LogP contribution in [0.3, 0.4) is 0 Å². The molecule has 1 fully saturated rings. The summed E-state index contributed by atoms with van der Waals surface area (Å²) in [5.74, 6) is 0.508. The van der Waals surface area contributed by atoms with Crippen molar-refractivity contribution < 1.29 is 14.3 Å². The van der Waals surface area contributed by atoms with Gasteiger partial charge in [0.2, 0.25) is 0 Å². The number of halogens is 1. The average molecular weight is 371 g/mol. The monoisotopic (exact) mass is 370 g/mol. The second kappa shape index (κ2) is 6.65. The zero-order chi connectivity index (χ0) is 18.3. The molecule has 5 nitrogen and oxygen atoms in total. The highest BCUT2D eigenvalue weighted by atomic mass is 35.5. The Bertz CT molecular complexity index is 862. The van der Waals surface area contributed by atoms with Gasteiger partial charge < -0.3 is 15.0 Å². The zero-order valence-corrected chi connectivity index (χ0v) is 15.1. The van der Waals surface area contributed by atoms with E-state index in [1.54, 1.807) is 37.3 Å². The van der Waals surface area contributed by atoms with Crippen LogP contribution in [-0.4, -0.2) is 28.9 Å². The fourth-order valence-electron chi connectivity index (χ4n) is 3.13. The van der Waals surface area contributed by atoms with E-state index in [4.69, 9.17) is 16.3 Å². The number of rotatable bonds is 3. The van der Waals surface area contributed by atoms with Crippen LogP contribution in [0, 0.1) is 0 Å². The molecule has 2 aromatic carbocycles. The Labute approximate surface area is 156 Å². The van der Waals surface area contributed by atoms with E-state index in [1.165, 1.54) is 0 Å². The summed E-state index contributed by atoms with van der Waals surface area (Å²) >= 11 is 5.86. The van der Waals surface area contributed by atoms with Crippen LogP contribution in [0.5, 0.6) is 5.75 Å². The maximum Gasteiger partial charge on any atom is 0.263 e. The average Bonchev–Trinajstić information content (AvgIpc) is 3.46. The first-order valence-electron chi connectivity index (χ1n) is 8.68. The topological polar surface area (TPSA) is 58.6 Å². The molecule has 1 saturated carbocycles.